The summed E-state index contributed by atoms with van der Waals surface area (Å²) in [5.74, 6) is 0.141. The van der Waals surface area contributed by atoms with Gasteiger partial charge in [0.1, 0.15) is 0 Å². The fourth-order valence-electron chi connectivity index (χ4n) is 5.52. The molecule has 12 heteroatoms. The largest absolute Gasteiger partial charge is 0.381 e. The highest BCUT2D eigenvalue weighted by atomic mass is 32.2. The number of carbonyl (C=O) groups excluding carboxylic acids is 1. The number of nitrogens with zero attached hydrogens (tertiary/aromatic N) is 4. The summed E-state index contributed by atoms with van der Waals surface area (Å²) in [5.41, 5.74) is 4.08. The van der Waals surface area contributed by atoms with Crippen LogP contribution in [0.3, 0.4) is 0 Å². The van der Waals surface area contributed by atoms with Crippen LogP contribution in [0.5, 0.6) is 0 Å². The van der Waals surface area contributed by atoms with Crippen LogP contribution in [0.1, 0.15) is 47.3 Å². The molecule has 0 atom stereocenters. The van der Waals surface area contributed by atoms with E-state index in [-0.39, 0.29) is 23.7 Å². The van der Waals surface area contributed by atoms with Crippen molar-refractivity contribution in [2.24, 2.45) is 0 Å². The second-order valence-electron chi connectivity index (χ2n) is 10.9. The molecule has 3 aliphatic heterocycles. The number of amides is 1. The van der Waals surface area contributed by atoms with Gasteiger partial charge < -0.3 is 25.2 Å². The maximum Gasteiger partial charge on any atom is 0.258 e. The first-order chi connectivity index (χ1) is 18.4. The maximum absolute atomic E-state index is 13.6. The Bertz CT molecular complexity index is 1280. The van der Waals surface area contributed by atoms with Crippen LogP contribution in [0.2, 0.25) is 0 Å². The zero-order chi connectivity index (χ0) is 26.3. The van der Waals surface area contributed by atoms with Crippen LogP contribution in [0.4, 0.5) is 17.2 Å². The Labute approximate surface area is 223 Å². The zero-order valence-electron chi connectivity index (χ0n) is 21.9. The summed E-state index contributed by atoms with van der Waals surface area (Å²) in [6.07, 6.45) is 3.79. The molecule has 4 aliphatic rings. The average Bonchev–Trinajstić information content (AvgIpc) is 3.72. The predicted octanol–water partition coefficient (Wildman–Crippen LogP) is 1.86. The van der Waals surface area contributed by atoms with Crippen LogP contribution >= 0.6 is 0 Å². The smallest absolute Gasteiger partial charge is 0.258 e. The molecule has 0 unspecified atom stereocenters. The number of aromatic amines is 1. The van der Waals surface area contributed by atoms with Crippen LogP contribution < -0.4 is 15.5 Å². The highest BCUT2D eigenvalue weighted by Crippen LogP contribution is 2.35. The van der Waals surface area contributed by atoms with Crippen LogP contribution in [0.25, 0.3) is 0 Å². The van der Waals surface area contributed by atoms with Gasteiger partial charge in [0.15, 0.2) is 5.82 Å². The van der Waals surface area contributed by atoms with Crippen molar-refractivity contribution in [1.29, 1.82) is 0 Å². The van der Waals surface area contributed by atoms with Crippen LogP contribution in [0, 0.1) is 0 Å². The zero-order valence-corrected chi connectivity index (χ0v) is 22.7. The maximum atomic E-state index is 13.6. The predicted molar refractivity (Wildman–Crippen MR) is 146 cm³/mol. The van der Waals surface area contributed by atoms with Crippen molar-refractivity contribution in [2.45, 2.75) is 49.9 Å². The number of likely N-dealkylation sites (N-methyl/N-ethyl adjacent to an activating group) is 1. The van der Waals surface area contributed by atoms with Crippen molar-refractivity contribution >= 4 is 33.1 Å². The molecule has 38 heavy (non-hydrogen) atoms. The Kier molecular flexibility index (Phi) is 7.06. The van der Waals surface area contributed by atoms with E-state index in [2.05, 4.69) is 43.7 Å². The number of piperazine rings is 1. The van der Waals surface area contributed by atoms with E-state index >= 15 is 0 Å². The molecule has 1 aromatic heterocycles. The van der Waals surface area contributed by atoms with E-state index in [1.807, 2.05) is 12.1 Å². The van der Waals surface area contributed by atoms with Crippen molar-refractivity contribution in [1.82, 2.24) is 19.4 Å². The third-order valence-corrected chi connectivity index (χ3v) is 10.5. The van der Waals surface area contributed by atoms with E-state index in [1.165, 1.54) is 0 Å². The first kappa shape index (κ1) is 25.6. The van der Waals surface area contributed by atoms with E-state index in [4.69, 9.17) is 4.74 Å². The van der Waals surface area contributed by atoms with Gasteiger partial charge in [-0.2, -0.15) is 9.40 Å². The number of ether oxygens (including phenoxy) is 1. The van der Waals surface area contributed by atoms with Crippen molar-refractivity contribution < 1.29 is 17.9 Å². The lowest BCUT2D eigenvalue weighted by molar-refractivity contribution is 0.0904. The van der Waals surface area contributed by atoms with Gasteiger partial charge in [0, 0.05) is 87.6 Å². The first-order valence-electron chi connectivity index (χ1n) is 13.7. The Morgan fingerprint density at radius 3 is 2.58 bits per heavy atom. The van der Waals surface area contributed by atoms with E-state index in [0.717, 1.165) is 74.5 Å². The van der Waals surface area contributed by atoms with Crippen molar-refractivity contribution in [3.8, 4) is 0 Å². The van der Waals surface area contributed by atoms with Gasteiger partial charge >= 0.3 is 0 Å². The molecule has 2 saturated heterocycles. The number of anilines is 3. The summed E-state index contributed by atoms with van der Waals surface area (Å²) in [5, 5.41) is 13.7. The summed E-state index contributed by atoms with van der Waals surface area (Å²) in [7, 11) is -1.16. The molecule has 206 valence electrons. The minimum atomic E-state index is -3.30. The lowest BCUT2D eigenvalue weighted by Crippen LogP contribution is -2.44. The molecule has 1 aliphatic carbocycles. The lowest BCUT2D eigenvalue weighted by Gasteiger charge is -2.34. The second-order valence-corrected chi connectivity index (χ2v) is 13.1. The standard InChI is InChI=1S/C26H37N7O4S/c1-31-10-12-32(13-11-31)19-2-5-21(24(16-19)27-18-7-14-37-15-8-18)26(34)28-25-22-17-33(9-6-23(22)29-30-25)38(35,36)20-3-4-20/h2,5,16,18,20,27H,3-4,6-15,17H2,1H3,(H2,28,29,30,34). The molecule has 1 amide bonds. The molecule has 1 aromatic carbocycles. The van der Waals surface area contributed by atoms with Gasteiger partial charge in [0.05, 0.1) is 10.8 Å². The van der Waals surface area contributed by atoms with Gasteiger partial charge in [0.2, 0.25) is 10.0 Å². The van der Waals surface area contributed by atoms with Crippen LogP contribution in [-0.4, -0.2) is 98.0 Å². The minimum Gasteiger partial charge on any atom is -0.381 e. The molecule has 6 rings (SSSR count). The van der Waals surface area contributed by atoms with Crippen LogP contribution in [-0.2, 0) is 27.7 Å². The monoisotopic (exact) mass is 543 g/mol. The summed E-state index contributed by atoms with van der Waals surface area (Å²) in [4.78, 5) is 18.3. The molecular formula is C26H37N7O4S. The third kappa shape index (κ3) is 5.27. The molecule has 0 bridgehead atoms. The number of benzene rings is 1. The van der Waals surface area contributed by atoms with Gasteiger partial charge in [-0.05, 0) is 50.9 Å². The minimum absolute atomic E-state index is 0.232. The van der Waals surface area contributed by atoms with Gasteiger partial charge in [-0.25, -0.2) is 8.42 Å². The molecule has 3 N–H and O–H groups in total. The van der Waals surface area contributed by atoms with E-state index in [1.54, 1.807) is 4.31 Å². The summed E-state index contributed by atoms with van der Waals surface area (Å²) in [6, 6.07) is 6.21. The second kappa shape index (κ2) is 10.5. The number of hydrogen-bond acceptors (Lipinski definition) is 8. The van der Waals surface area contributed by atoms with Crippen molar-refractivity contribution in [3.05, 3.63) is 35.0 Å². The summed E-state index contributed by atoms with van der Waals surface area (Å²) in [6.45, 7) is 5.97. The highest BCUT2D eigenvalue weighted by molar-refractivity contribution is 7.90. The molecule has 2 aromatic rings. The lowest BCUT2D eigenvalue weighted by atomic mass is 10.1. The average molecular weight is 544 g/mol. The molecule has 11 nitrogen and oxygen atoms in total. The SMILES string of the molecule is CN1CCN(c2ccc(C(=O)Nc3n[nH]c4c3CN(S(=O)(=O)C3CC3)CC4)c(NC3CCOCC3)c2)CC1. The molecule has 1 saturated carbocycles. The van der Waals surface area contributed by atoms with Crippen LogP contribution in [0.15, 0.2) is 18.2 Å². The van der Waals surface area contributed by atoms with Gasteiger partial charge in [-0.1, -0.05) is 0 Å². The molecule has 4 heterocycles. The van der Waals surface area contributed by atoms with Gasteiger partial charge in [-0.3, -0.25) is 9.89 Å². The topological polar surface area (TPSA) is 123 Å². The Morgan fingerprint density at radius 2 is 1.84 bits per heavy atom. The van der Waals surface area contributed by atoms with Crippen molar-refractivity contribution in [2.75, 3.05) is 68.5 Å². The Morgan fingerprint density at radius 1 is 1.08 bits per heavy atom. The molecule has 3 fully saturated rings. The van der Waals surface area contributed by atoms with E-state index in [0.29, 0.717) is 37.6 Å². The third-order valence-electron chi connectivity index (χ3n) is 8.13. The summed E-state index contributed by atoms with van der Waals surface area (Å²) >= 11 is 0. The van der Waals surface area contributed by atoms with E-state index < -0.39 is 10.0 Å². The molecule has 0 radical (unpaired) electrons. The highest BCUT2D eigenvalue weighted by Gasteiger charge is 2.41. The van der Waals surface area contributed by atoms with Crippen molar-refractivity contribution in [3.63, 3.8) is 0 Å². The Balaban J connectivity index is 1.23. The summed E-state index contributed by atoms with van der Waals surface area (Å²) < 4.78 is 32.7. The van der Waals surface area contributed by atoms with Gasteiger partial charge in [-0.15, -0.1) is 0 Å². The number of fused-ring (bicyclic) bond motifs is 1. The number of rotatable bonds is 7. The molecule has 0 spiro atoms. The number of hydrogen-bond donors (Lipinski definition) is 3. The van der Waals surface area contributed by atoms with Gasteiger partial charge in [0.25, 0.3) is 5.91 Å². The Hall–Kier alpha value is -2.67. The number of sulfonamides is 1. The quantitative estimate of drug-likeness (QED) is 0.484. The number of carbonyl (C=O) groups is 1. The number of nitrogens with one attached hydrogen (secondary N) is 3. The molecular weight excluding hydrogens is 506 g/mol. The first-order valence-corrected chi connectivity index (χ1v) is 15.2. The van der Waals surface area contributed by atoms with E-state index in [9.17, 15) is 13.2 Å². The normalized spacial score (nSPS) is 21.8. The number of H-pyrrole nitrogens is 1. The fourth-order valence-corrected chi connectivity index (χ4v) is 7.32. The fraction of sp³-hybridized carbons (Fsp3) is 0.615. The number of aromatic nitrogens is 2.